The molecule has 2 aromatic rings. The number of aryl methyl sites for hydroxylation is 2. The highest BCUT2D eigenvalue weighted by atomic mass is 79.9. The van der Waals surface area contributed by atoms with Gasteiger partial charge >= 0.3 is 0 Å². The molecule has 0 saturated heterocycles. The first-order valence-electron chi connectivity index (χ1n) is 7.14. The fourth-order valence-corrected chi connectivity index (χ4v) is 2.80. The van der Waals surface area contributed by atoms with Crippen molar-refractivity contribution in [2.75, 3.05) is 0 Å². The molecule has 0 amide bonds. The van der Waals surface area contributed by atoms with E-state index in [-0.39, 0.29) is 5.56 Å². The standard InChI is InChI=1S/C17H20BrN3O/c1-5-7-13(6-2)9-21-11-15(18)19-16(21)14-8-12(3)17(22)20(4)10-14/h5-8,10-11H,9H2,1-4H3/b7-5-,13-6+. The van der Waals surface area contributed by atoms with Gasteiger partial charge in [-0.05, 0) is 48.3 Å². The summed E-state index contributed by atoms with van der Waals surface area (Å²) in [6, 6.07) is 1.89. The number of hydrogen-bond donors (Lipinski definition) is 0. The summed E-state index contributed by atoms with van der Waals surface area (Å²) in [6.45, 7) is 6.59. The molecule has 0 aliphatic heterocycles. The third-order valence-corrected chi connectivity index (χ3v) is 3.85. The van der Waals surface area contributed by atoms with E-state index in [1.54, 1.807) is 11.6 Å². The van der Waals surface area contributed by atoms with Gasteiger partial charge in [0.1, 0.15) is 10.4 Å². The van der Waals surface area contributed by atoms with Crippen LogP contribution >= 0.6 is 15.9 Å². The van der Waals surface area contributed by atoms with E-state index in [0.29, 0.717) is 5.56 Å². The molecule has 22 heavy (non-hydrogen) atoms. The highest BCUT2D eigenvalue weighted by Gasteiger charge is 2.12. The zero-order chi connectivity index (χ0) is 16.3. The first-order chi connectivity index (χ1) is 10.5. The second-order valence-corrected chi connectivity index (χ2v) is 6.02. The number of pyridine rings is 1. The fraction of sp³-hybridized carbons (Fsp3) is 0.294. The number of allylic oxidation sites excluding steroid dienone is 4. The summed E-state index contributed by atoms with van der Waals surface area (Å²) in [5, 5.41) is 0. The van der Waals surface area contributed by atoms with Crippen LogP contribution in [0.4, 0.5) is 0 Å². The Morgan fingerprint density at radius 1 is 1.36 bits per heavy atom. The molecule has 0 aliphatic rings. The van der Waals surface area contributed by atoms with Gasteiger partial charge in [-0.3, -0.25) is 4.79 Å². The van der Waals surface area contributed by atoms with Crippen LogP contribution in [0.3, 0.4) is 0 Å². The Morgan fingerprint density at radius 3 is 2.68 bits per heavy atom. The molecule has 0 unspecified atom stereocenters. The van der Waals surface area contributed by atoms with E-state index in [4.69, 9.17) is 0 Å². The number of imidazole rings is 1. The SMILES string of the molecule is C/C=C\C(=C/C)Cn1cc(Br)nc1-c1cc(C)c(=O)n(C)c1. The van der Waals surface area contributed by atoms with Crippen LogP contribution < -0.4 is 5.56 Å². The predicted octanol–water partition coefficient (Wildman–Crippen LogP) is 3.84. The van der Waals surface area contributed by atoms with E-state index < -0.39 is 0 Å². The van der Waals surface area contributed by atoms with E-state index in [1.807, 2.05) is 45.3 Å². The van der Waals surface area contributed by atoms with Crippen molar-refractivity contribution >= 4 is 15.9 Å². The van der Waals surface area contributed by atoms with Crippen LogP contribution in [-0.4, -0.2) is 14.1 Å². The molecule has 0 aromatic carbocycles. The van der Waals surface area contributed by atoms with Crippen LogP contribution in [0.15, 0.2) is 51.7 Å². The van der Waals surface area contributed by atoms with Crippen molar-refractivity contribution in [3.05, 3.63) is 62.8 Å². The van der Waals surface area contributed by atoms with Crippen LogP contribution in [-0.2, 0) is 13.6 Å². The molecule has 0 bridgehead atoms. The van der Waals surface area contributed by atoms with Crippen molar-refractivity contribution in [2.24, 2.45) is 7.05 Å². The van der Waals surface area contributed by atoms with Gasteiger partial charge in [-0.25, -0.2) is 4.98 Å². The summed E-state index contributed by atoms with van der Waals surface area (Å²) >= 11 is 3.44. The highest BCUT2D eigenvalue weighted by Crippen LogP contribution is 2.22. The van der Waals surface area contributed by atoms with E-state index in [9.17, 15) is 4.79 Å². The lowest BCUT2D eigenvalue weighted by Crippen LogP contribution is -2.18. The first-order valence-corrected chi connectivity index (χ1v) is 7.93. The minimum atomic E-state index is 0.0176. The van der Waals surface area contributed by atoms with Crippen molar-refractivity contribution in [3.8, 4) is 11.4 Å². The van der Waals surface area contributed by atoms with E-state index in [0.717, 1.165) is 22.5 Å². The summed E-state index contributed by atoms with van der Waals surface area (Å²) in [5.41, 5.74) is 2.87. The van der Waals surface area contributed by atoms with E-state index in [2.05, 4.69) is 37.6 Å². The summed E-state index contributed by atoms with van der Waals surface area (Å²) < 4.78 is 4.46. The molecule has 2 heterocycles. The normalized spacial score (nSPS) is 12.3. The molecule has 116 valence electrons. The molecular weight excluding hydrogens is 342 g/mol. The van der Waals surface area contributed by atoms with Crippen molar-refractivity contribution < 1.29 is 0 Å². The second kappa shape index (κ2) is 6.92. The van der Waals surface area contributed by atoms with Crippen LogP contribution in [0.2, 0.25) is 0 Å². The number of rotatable bonds is 4. The van der Waals surface area contributed by atoms with E-state index >= 15 is 0 Å². The molecule has 2 aromatic heterocycles. The van der Waals surface area contributed by atoms with Crippen LogP contribution in [0.25, 0.3) is 11.4 Å². The second-order valence-electron chi connectivity index (χ2n) is 5.21. The predicted molar refractivity (Wildman–Crippen MR) is 93.9 cm³/mol. The van der Waals surface area contributed by atoms with Gasteiger partial charge in [0, 0.05) is 37.1 Å². The average Bonchev–Trinajstić information content (AvgIpc) is 2.84. The molecule has 4 nitrogen and oxygen atoms in total. The maximum Gasteiger partial charge on any atom is 0.253 e. The number of halogens is 1. The van der Waals surface area contributed by atoms with Gasteiger partial charge in [0.15, 0.2) is 0 Å². The topological polar surface area (TPSA) is 39.8 Å². The zero-order valence-corrected chi connectivity index (χ0v) is 14.9. The Kier molecular flexibility index (Phi) is 5.19. The van der Waals surface area contributed by atoms with Gasteiger partial charge in [0.25, 0.3) is 5.56 Å². The summed E-state index contributed by atoms with van der Waals surface area (Å²) in [6.07, 6.45) is 9.99. The Morgan fingerprint density at radius 2 is 2.09 bits per heavy atom. The molecule has 2 rings (SSSR count). The summed E-state index contributed by atoms with van der Waals surface area (Å²) in [5.74, 6) is 0.842. The Hall–Kier alpha value is -1.88. The van der Waals surface area contributed by atoms with Gasteiger partial charge in [0.2, 0.25) is 0 Å². The van der Waals surface area contributed by atoms with Gasteiger partial charge in [-0.2, -0.15) is 0 Å². The lowest BCUT2D eigenvalue weighted by Gasteiger charge is -2.10. The number of hydrogen-bond acceptors (Lipinski definition) is 2. The molecule has 0 radical (unpaired) electrons. The minimum Gasteiger partial charge on any atom is -0.325 e. The summed E-state index contributed by atoms with van der Waals surface area (Å²) in [7, 11) is 1.76. The molecule has 0 fully saturated rings. The van der Waals surface area contributed by atoms with Crippen molar-refractivity contribution in [1.82, 2.24) is 14.1 Å². The minimum absolute atomic E-state index is 0.0176. The summed E-state index contributed by atoms with van der Waals surface area (Å²) in [4.78, 5) is 16.4. The van der Waals surface area contributed by atoms with Crippen LogP contribution in [0.5, 0.6) is 0 Å². The average molecular weight is 362 g/mol. The highest BCUT2D eigenvalue weighted by molar-refractivity contribution is 9.10. The van der Waals surface area contributed by atoms with Gasteiger partial charge in [-0.15, -0.1) is 0 Å². The largest absolute Gasteiger partial charge is 0.325 e. The molecule has 0 saturated carbocycles. The third kappa shape index (κ3) is 3.47. The Bertz CT molecular complexity index is 770. The number of aromatic nitrogens is 3. The number of nitrogens with zero attached hydrogens (tertiary/aromatic N) is 3. The van der Waals surface area contributed by atoms with Crippen molar-refractivity contribution in [2.45, 2.75) is 27.3 Å². The molecule has 0 N–H and O–H groups in total. The molecule has 0 spiro atoms. The van der Waals surface area contributed by atoms with Crippen molar-refractivity contribution in [1.29, 1.82) is 0 Å². The third-order valence-electron chi connectivity index (χ3n) is 3.47. The monoisotopic (exact) mass is 361 g/mol. The maximum absolute atomic E-state index is 11.9. The fourth-order valence-electron chi connectivity index (χ4n) is 2.39. The Labute approximate surface area is 138 Å². The molecule has 0 atom stereocenters. The van der Waals surface area contributed by atoms with Crippen LogP contribution in [0.1, 0.15) is 19.4 Å². The lowest BCUT2D eigenvalue weighted by atomic mass is 10.2. The first kappa shape index (κ1) is 16.5. The molecule has 5 heteroatoms. The van der Waals surface area contributed by atoms with Gasteiger partial charge in [0.05, 0.1) is 0 Å². The Balaban J connectivity index is 2.51. The molecular formula is C17H20BrN3O. The molecule has 0 aliphatic carbocycles. The zero-order valence-electron chi connectivity index (χ0n) is 13.3. The lowest BCUT2D eigenvalue weighted by molar-refractivity contribution is 0.796. The van der Waals surface area contributed by atoms with Crippen LogP contribution in [0, 0.1) is 6.92 Å². The smallest absolute Gasteiger partial charge is 0.253 e. The maximum atomic E-state index is 11.9. The van der Waals surface area contributed by atoms with Crippen molar-refractivity contribution in [3.63, 3.8) is 0 Å². The van der Waals surface area contributed by atoms with E-state index in [1.165, 1.54) is 5.57 Å². The van der Waals surface area contributed by atoms with Gasteiger partial charge in [-0.1, -0.05) is 18.2 Å². The quantitative estimate of drug-likeness (QED) is 0.776. The van der Waals surface area contributed by atoms with Gasteiger partial charge < -0.3 is 9.13 Å².